The Morgan fingerprint density at radius 1 is 1.52 bits per heavy atom. The van der Waals surface area contributed by atoms with E-state index in [-0.39, 0.29) is 23.6 Å². The summed E-state index contributed by atoms with van der Waals surface area (Å²) < 4.78 is 6.15. The van der Waals surface area contributed by atoms with E-state index < -0.39 is 5.56 Å². The molecular formula is C18H16ClN3O3. The molecule has 0 saturated carbocycles. The third-order valence-electron chi connectivity index (χ3n) is 3.64. The average Bonchev–Trinajstić information content (AvgIpc) is 2.59. The highest BCUT2D eigenvalue weighted by Gasteiger charge is 2.17. The Morgan fingerprint density at radius 2 is 2.24 bits per heavy atom. The molecule has 6 nitrogen and oxygen atoms in total. The lowest BCUT2D eigenvalue weighted by atomic mass is 10.1. The molecule has 0 aliphatic rings. The monoisotopic (exact) mass is 357 g/mol. The maximum atomic E-state index is 12.2. The molecule has 1 N–H and O–H groups in total. The number of benzene rings is 1. The van der Waals surface area contributed by atoms with Crippen LogP contribution in [0, 0.1) is 18.3 Å². The summed E-state index contributed by atoms with van der Waals surface area (Å²) >= 11 is 6.06. The first-order valence-corrected chi connectivity index (χ1v) is 7.67. The van der Waals surface area contributed by atoms with Crippen LogP contribution in [0.25, 0.3) is 0 Å². The Hall–Kier alpha value is -3.04. The average molecular weight is 358 g/mol. The third-order valence-corrected chi connectivity index (χ3v) is 3.93. The summed E-state index contributed by atoms with van der Waals surface area (Å²) in [6, 6.07) is 6.84. The van der Waals surface area contributed by atoms with Crippen LogP contribution in [0.5, 0.6) is 11.6 Å². The fourth-order valence-corrected chi connectivity index (χ4v) is 2.55. The molecule has 2 rings (SSSR count). The molecule has 2 aromatic rings. The lowest BCUT2D eigenvalue weighted by molar-refractivity contribution is 0.414. The lowest BCUT2D eigenvalue weighted by Gasteiger charge is -2.12. The smallest absolute Gasteiger partial charge is 0.271 e. The minimum atomic E-state index is -0.568. The van der Waals surface area contributed by atoms with Crippen molar-refractivity contribution in [2.75, 3.05) is 7.11 Å². The first kappa shape index (κ1) is 18.3. The summed E-state index contributed by atoms with van der Waals surface area (Å²) in [4.78, 5) is 16.5. The first-order chi connectivity index (χ1) is 11.9. The largest absolute Gasteiger partial charge is 0.495 e. The summed E-state index contributed by atoms with van der Waals surface area (Å²) in [5, 5.41) is 20.0. The quantitative estimate of drug-likeness (QED) is 0.656. The van der Waals surface area contributed by atoms with Crippen molar-refractivity contribution >= 4 is 23.5 Å². The Bertz CT molecular complexity index is 956. The Kier molecular flexibility index (Phi) is 5.63. The second-order valence-electron chi connectivity index (χ2n) is 5.13. The van der Waals surface area contributed by atoms with Crippen LogP contribution in [-0.4, -0.2) is 23.0 Å². The number of allylic oxidation sites excluding steroid dienone is 1. The van der Waals surface area contributed by atoms with Gasteiger partial charge in [0.2, 0.25) is 5.88 Å². The predicted octanol–water partition coefficient (Wildman–Crippen LogP) is 3.33. The molecule has 0 amide bonds. The van der Waals surface area contributed by atoms with E-state index in [0.29, 0.717) is 22.0 Å². The van der Waals surface area contributed by atoms with Crippen LogP contribution in [0.4, 0.5) is 5.69 Å². The number of ether oxygens (including phenoxy) is 1. The zero-order valence-corrected chi connectivity index (χ0v) is 14.5. The standard InChI is InChI=1S/C18H16ClN3O3/c1-4-7-22-17(23)13(9-20)11(2)14(18(22)24)10-21-12-5-6-16(25-3)15(19)8-12/h4-6,8,10,24H,1,7H2,2-3H3. The van der Waals surface area contributed by atoms with Crippen LogP contribution in [0.2, 0.25) is 5.02 Å². The number of methoxy groups -OCH3 is 1. The summed E-state index contributed by atoms with van der Waals surface area (Å²) in [5.41, 5.74) is 0.555. The van der Waals surface area contributed by atoms with Gasteiger partial charge in [-0.15, -0.1) is 6.58 Å². The van der Waals surface area contributed by atoms with Crippen molar-refractivity contribution in [3.63, 3.8) is 0 Å². The van der Waals surface area contributed by atoms with Crippen molar-refractivity contribution in [2.24, 2.45) is 4.99 Å². The van der Waals surface area contributed by atoms with Gasteiger partial charge in [-0.3, -0.25) is 14.4 Å². The molecule has 0 atom stereocenters. The van der Waals surface area contributed by atoms with E-state index >= 15 is 0 Å². The van der Waals surface area contributed by atoms with Gasteiger partial charge in [-0.05, 0) is 30.7 Å². The van der Waals surface area contributed by atoms with Gasteiger partial charge < -0.3 is 9.84 Å². The van der Waals surface area contributed by atoms with Gasteiger partial charge in [-0.2, -0.15) is 5.26 Å². The van der Waals surface area contributed by atoms with Gasteiger partial charge >= 0.3 is 0 Å². The van der Waals surface area contributed by atoms with Gasteiger partial charge in [0.05, 0.1) is 23.4 Å². The Morgan fingerprint density at radius 3 is 2.80 bits per heavy atom. The zero-order chi connectivity index (χ0) is 18.6. The van der Waals surface area contributed by atoms with Crippen molar-refractivity contribution in [2.45, 2.75) is 13.5 Å². The Labute approximate surface area is 149 Å². The highest BCUT2D eigenvalue weighted by Crippen LogP contribution is 2.29. The molecule has 7 heteroatoms. The number of nitrogens with zero attached hydrogens (tertiary/aromatic N) is 3. The summed E-state index contributed by atoms with van der Waals surface area (Å²) in [7, 11) is 1.51. The van der Waals surface area contributed by atoms with E-state index in [0.717, 1.165) is 4.57 Å². The summed E-state index contributed by atoms with van der Waals surface area (Å²) in [6.07, 6.45) is 2.85. The highest BCUT2D eigenvalue weighted by molar-refractivity contribution is 6.32. The molecule has 1 aromatic carbocycles. The number of rotatable bonds is 5. The molecule has 0 radical (unpaired) electrons. The second kappa shape index (κ2) is 7.69. The maximum Gasteiger partial charge on any atom is 0.271 e. The van der Waals surface area contributed by atoms with Crippen molar-refractivity contribution in [1.82, 2.24) is 4.57 Å². The number of halogens is 1. The number of aromatic hydroxyl groups is 1. The second-order valence-corrected chi connectivity index (χ2v) is 5.54. The van der Waals surface area contributed by atoms with Crippen molar-refractivity contribution in [3.05, 3.63) is 62.9 Å². The molecule has 25 heavy (non-hydrogen) atoms. The van der Waals surface area contributed by atoms with Gasteiger partial charge in [0.25, 0.3) is 5.56 Å². The molecule has 1 heterocycles. The van der Waals surface area contributed by atoms with Crippen molar-refractivity contribution < 1.29 is 9.84 Å². The number of aliphatic imine (C=N–C) groups is 1. The van der Waals surface area contributed by atoms with E-state index in [4.69, 9.17) is 16.3 Å². The number of pyridine rings is 1. The van der Waals surface area contributed by atoms with Gasteiger partial charge in [0.1, 0.15) is 17.4 Å². The van der Waals surface area contributed by atoms with Crippen molar-refractivity contribution in [1.29, 1.82) is 5.26 Å². The fraction of sp³-hybridized carbons (Fsp3) is 0.167. The molecule has 0 aliphatic heterocycles. The van der Waals surface area contributed by atoms with Crippen LogP contribution in [-0.2, 0) is 6.54 Å². The number of hydrogen-bond donors (Lipinski definition) is 1. The van der Waals surface area contributed by atoms with Gasteiger partial charge in [-0.1, -0.05) is 17.7 Å². The van der Waals surface area contributed by atoms with Crippen LogP contribution in [0.1, 0.15) is 16.7 Å². The third kappa shape index (κ3) is 3.57. The molecule has 0 bridgehead atoms. The predicted molar refractivity (Wildman–Crippen MR) is 97.3 cm³/mol. The maximum absolute atomic E-state index is 12.2. The SMILES string of the molecule is C=CCn1c(O)c(C=Nc2ccc(OC)c(Cl)c2)c(C)c(C#N)c1=O. The molecule has 128 valence electrons. The van der Waals surface area contributed by atoms with E-state index in [1.54, 1.807) is 25.1 Å². The first-order valence-electron chi connectivity index (χ1n) is 7.29. The fourth-order valence-electron chi connectivity index (χ4n) is 2.30. The summed E-state index contributed by atoms with van der Waals surface area (Å²) in [6.45, 7) is 5.21. The molecule has 0 fully saturated rings. The number of aromatic nitrogens is 1. The van der Waals surface area contributed by atoms with Crippen LogP contribution < -0.4 is 10.3 Å². The molecular weight excluding hydrogens is 342 g/mol. The molecule has 0 aliphatic carbocycles. The lowest BCUT2D eigenvalue weighted by Crippen LogP contribution is -2.24. The summed E-state index contributed by atoms with van der Waals surface area (Å²) in [5.74, 6) is 0.246. The van der Waals surface area contributed by atoms with E-state index in [2.05, 4.69) is 11.6 Å². The Balaban J connectivity index is 2.57. The number of nitriles is 1. The molecule has 0 saturated heterocycles. The minimum Gasteiger partial charge on any atom is -0.495 e. The van der Waals surface area contributed by atoms with E-state index in [1.165, 1.54) is 19.4 Å². The van der Waals surface area contributed by atoms with Gasteiger partial charge in [-0.25, -0.2) is 0 Å². The van der Waals surface area contributed by atoms with Crippen LogP contribution in [0.15, 0.2) is 40.6 Å². The topological polar surface area (TPSA) is 87.6 Å². The van der Waals surface area contributed by atoms with E-state index in [1.807, 2.05) is 6.07 Å². The normalized spacial score (nSPS) is 10.6. The highest BCUT2D eigenvalue weighted by atomic mass is 35.5. The van der Waals surface area contributed by atoms with Crippen molar-refractivity contribution in [3.8, 4) is 17.7 Å². The molecule has 0 unspecified atom stereocenters. The zero-order valence-electron chi connectivity index (χ0n) is 13.8. The molecule has 1 aromatic heterocycles. The van der Waals surface area contributed by atoms with Crippen LogP contribution >= 0.6 is 11.6 Å². The minimum absolute atomic E-state index is 0.0473. The molecule has 0 spiro atoms. The van der Waals surface area contributed by atoms with Gasteiger partial charge in [0, 0.05) is 12.8 Å². The van der Waals surface area contributed by atoms with E-state index in [9.17, 15) is 15.2 Å². The van der Waals surface area contributed by atoms with Crippen LogP contribution in [0.3, 0.4) is 0 Å². The van der Waals surface area contributed by atoms with Gasteiger partial charge in [0.15, 0.2) is 0 Å². The number of hydrogen-bond acceptors (Lipinski definition) is 5.